The lowest BCUT2D eigenvalue weighted by molar-refractivity contribution is -0.136. The minimum atomic E-state index is -4.58. The Morgan fingerprint density at radius 1 is 1.42 bits per heavy atom. The van der Waals surface area contributed by atoms with E-state index in [2.05, 4.69) is 0 Å². The number of nitrogens with zero attached hydrogens (tertiary/aromatic N) is 1. The highest BCUT2D eigenvalue weighted by molar-refractivity contribution is 5.99. The summed E-state index contributed by atoms with van der Waals surface area (Å²) in [6.45, 7) is 0.562. The Hall–Kier alpha value is -1.76. The minimum Gasteiger partial charge on any atom is -0.398 e. The van der Waals surface area contributed by atoms with Crippen LogP contribution in [0.15, 0.2) is 18.2 Å². The Labute approximate surface area is 108 Å². The van der Waals surface area contributed by atoms with Crippen molar-refractivity contribution in [1.82, 2.24) is 4.90 Å². The summed E-state index contributed by atoms with van der Waals surface area (Å²) in [4.78, 5) is 13.2. The normalized spacial score (nSPS) is 11.4. The standard InChI is InChI=1S/C12H15F3N2O2/c1-17(6-7-19-2)11(18)8-4-3-5-9(10(8)16)12(13,14)15/h3-5H,6-7,16H2,1-2H3. The van der Waals surface area contributed by atoms with Crippen LogP contribution in [-0.2, 0) is 10.9 Å². The summed E-state index contributed by atoms with van der Waals surface area (Å²) in [5.74, 6) is -0.569. The number of alkyl halides is 3. The first-order valence-corrected chi connectivity index (χ1v) is 5.49. The molecule has 0 unspecified atom stereocenters. The maximum Gasteiger partial charge on any atom is 0.418 e. The first-order chi connectivity index (χ1) is 8.79. The van der Waals surface area contributed by atoms with Crippen molar-refractivity contribution in [1.29, 1.82) is 0 Å². The maximum atomic E-state index is 12.7. The second-order valence-electron chi connectivity index (χ2n) is 3.98. The van der Waals surface area contributed by atoms with E-state index in [9.17, 15) is 18.0 Å². The van der Waals surface area contributed by atoms with Crippen LogP contribution in [0.1, 0.15) is 15.9 Å². The van der Waals surface area contributed by atoms with Gasteiger partial charge in [0.25, 0.3) is 5.91 Å². The quantitative estimate of drug-likeness (QED) is 0.856. The number of ether oxygens (including phenoxy) is 1. The van der Waals surface area contributed by atoms with Gasteiger partial charge in [-0.15, -0.1) is 0 Å². The molecule has 0 aliphatic carbocycles. The molecule has 4 nitrogen and oxygen atoms in total. The molecule has 106 valence electrons. The van der Waals surface area contributed by atoms with Crippen LogP contribution in [0.2, 0.25) is 0 Å². The summed E-state index contributed by atoms with van der Waals surface area (Å²) < 4.78 is 42.8. The molecule has 1 amide bonds. The smallest absolute Gasteiger partial charge is 0.398 e. The van der Waals surface area contributed by atoms with Crippen LogP contribution in [0.3, 0.4) is 0 Å². The average Bonchev–Trinajstić information content (AvgIpc) is 2.34. The van der Waals surface area contributed by atoms with Gasteiger partial charge >= 0.3 is 6.18 Å². The number of carbonyl (C=O) groups excluding carboxylic acids is 1. The molecule has 0 saturated heterocycles. The largest absolute Gasteiger partial charge is 0.418 e. The van der Waals surface area contributed by atoms with Crippen LogP contribution in [0, 0.1) is 0 Å². The first-order valence-electron chi connectivity index (χ1n) is 5.49. The SMILES string of the molecule is COCCN(C)C(=O)c1cccc(C(F)(F)F)c1N. The first kappa shape index (κ1) is 15.3. The molecule has 19 heavy (non-hydrogen) atoms. The molecule has 0 atom stereocenters. The molecule has 0 bridgehead atoms. The Morgan fingerprint density at radius 3 is 2.58 bits per heavy atom. The Bertz CT molecular complexity index is 461. The molecule has 0 radical (unpaired) electrons. The summed E-state index contributed by atoms with van der Waals surface area (Å²) in [6.07, 6.45) is -4.58. The highest BCUT2D eigenvalue weighted by Crippen LogP contribution is 2.35. The van der Waals surface area contributed by atoms with Crippen molar-refractivity contribution in [3.63, 3.8) is 0 Å². The molecule has 1 rings (SSSR count). The number of para-hydroxylation sites is 1. The number of likely N-dealkylation sites (N-methyl/N-ethyl adjacent to an activating group) is 1. The summed E-state index contributed by atoms with van der Waals surface area (Å²) in [5, 5.41) is 0. The van der Waals surface area contributed by atoms with E-state index in [4.69, 9.17) is 10.5 Å². The predicted octanol–water partition coefficient (Wildman–Crippen LogP) is 2.01. The van der Waals surface area contributed by atoms with Gasteiger partial charge in [0.05, 0.1) is 23.4 Å². The minimum absolute atomic E-state index is 0.159. The molecule has 0 aliphatic rings. The monoisotopic (exact) mass is 276 g/mol. The fraction of sp³-hybridized carbons (Fsp3) is 0.417. The van der Waals surface area contributed by atoms with E-state index in [1.165, 1.54) is 25.1 Å². The van der Waals surface area contributed by atoms with E-state index >= 15 is 0 Å². The fourth-order valence-electron chi connectivity index (χ4n) is 1.53. The highest BCUT2D eigenvalue weighted by Gasteiger charge is 2.34. The van der Waals surface area contributed by atoms with E-state index in [1.54, 1.807) is 0 Å². The zero-order valence-electron chi connectivity index (χ0n) is 10.6. The van der Waals surface area contributed by atoms with Crippen LogP contribution < -0.4 is 5.73 Å². The summed E-state index contributed by atoms with van der Waals surface area (Å²) in [7, 11) is 2.94. The number of carbonyl (C=O) groups is 1. The number of benzene rings is 1. The molecule has 7 heteroatoms. The van der Waals surface area contributed by atoms with E-state index in [0.29, 0.717) is 6.61 Å². The number of hydrogen-bond donors (Lipinski definition) is 1. The molecule has 1 aromatic rings. The number of nitrogens with two attached hydrogens (primary N) is 1. The number of halogens is 3. The highest BCUT2D eigenvalue weighted by atomic mass is 19.4. The van der Waals surface area contributed by atoms with E-state index in [-0.39, 0.29) is 12.1 Å². The zero-order valence-corrected chi connectivity index (χ0v) is 10.6. The molecule has 1 aromatic carbocycles. The van der Waals surface area contributed by atoms with Crippen molar-refractivity contribution in [2.75, 3.05) is 33.0 Å². The lowest BCUT2D eigenvalue weighted by Gasteiger charge is -2.19. The van der Waals surface area contributed by atoms with Gasteiger partial charge in [-0.3, -0.25) is 4.79 Å². The van der Waals surface area contributed by atoms with Crippen LogP contribution in [0.4, 0.5) is 18.9 Å². The average molecular weight is 276 g/mol. The van der Waals surface area contributed by atoms with E-state index in [1.807, 2.05) is 0 Å². The Morgan fingerprint density at radius 2 is 2.05 bits per heavy atom. The predicted molar refractivity (Wildman–Crippen MR) is 64.7 cm³/mol. The van der Waals surface area contributed by atoms with Gasteiger partial charge in [0, 0.05) is 20.7 Å². The third-order valence-electron chi connectivity index (χ3n) is 2.62. The van der Waals surface area contributed by atoms with Gasteiger partial charge in [-0.25, -0.2) is 0 Å². The zero-order chi connectivity index (χ0) is 14.6. The molecule has 0 aromatic heterocycles. The summed E-state index contributed by atoms with van der Waals surface area (Å²) >= 11 is 0. The molecule has 2 N–H and O–H groups in total. The van der Waals surface area contributed by atoms with Gasteiger partial charge in [-0.1, -0.05) is 6.07 Å². The molecule has 0 aliphatic heterocycles. The topological polar surface area (TPSA) is 55.6 Å². The van der Waals surface area contributed by atoms with Gasteiger partial charge in [0.15, 0.2) is 0 Å². The van der Waals surface area contributed by atoms with Gasteiger partial charge < -0.3 is 15.4 Å². The molecule has 0 fully saturated rings. The molecule has 0 saturated carbocycles. The number of anilines is 1. The Balaban J connectivity index is 3.05. The van der Waals surface area contributed by atoms with Gasteiger partial charge in [0.2, 0.25) is 0 Å². The van der Waals surface area contributed by atoms with E-state index < -0.39 is 23.3 Å². The Kier molecular flexibility index (Phi) is 4.77. The van der Waals surface area contributed by atoms with Crippen LogP contribution in [0.5, 0.6) is 0 Å². The van der Waals surface area contributed by atoms with Crippen molar-refractivity contribution in [3.8, 4) is 0 Å². The molecular formula is C12H15F3N2O2. The van der Waals surface area contributed by atoms with Crippen molar-refractivity contribution in [2.45, 2.75) is 6.18 Å². The molecule has 0 spiro atoms. The van der Waals surface area contributed by atoms with Crippen molar-refractivity contribution in [2.24, 2.45) is 0 Å². The van der Waals surface area contributed by atoms with Gasteiger partial charge in [-0.2, -0.15) is 13.2 Å². The van der Waals surface area contributed by atoms with Crippen LogP contribution >= 0.6 is 0 Å². The third-order valence-corrected chi connectivity index (χ3v) is 2.62. The lowest BCUT2D eigenvalue weighted by atomic mass is 10.1. The second-order valence-corrected chi connectivity index (χ2v) is 3.98. The number of rotatable bonds is 4. The summed E-state index contributed by atoms with van der Waals surface area (Å²) in [6, 6.07) is 3.29. The second kappa shape index (κ2) is 5.92. The van der Waals surface area contributed by atoms with E-state index in [0.717, 1.165) is 12.1 Å². The fourth-order valence-corrected chi connectivity index (χ4v) is 1.53. The number of methoxy groups -OCH3 is 1. The summed E-state index contributed by atoms with van der Waals surface area (Å²) in [5.41, 5.74) is 3.73. The molecule has 0 heterocycles. The van der Waals surface area contributed by atoms with Crippen molar-refractivity contribution in [3.05, 3.63) is 29.3 Å². The van der Waals surface area contributed by atoms with Crippen LogP contribution in [-0.4, -0.2) is 38.1 Å². The molecular weight excluding hydrogens is 261 g/mol. The number of amides is 1. The maximum absolute atomic E-state index is 12.7. The van der Waals surface area contributed by atoms with Gasteiger partial charge in [0.1, 0.15) is 0 Å². The number of hydrogen-bond acceptors (Lipinski definition) is 3. The third kappa shape index (κ3) is 3.60. The lowest BCUT2D eigenvalue weighted by Crippen LogP contribution is -2.31. The van der Waals surface area contributed by atoms with Crippen molar-refractivity contribution >= 4 is 11.6 Å². The van der Waals surface area contributed by atoms with Crippen molar-refractivity contribution < 1.29 is 22.7 Å². The van der Waals surface area contributed by atoms with Gasteiger partial charge in [-0.05, 0) is 12.1 Å². The van der Waals surface area contributed by atoms with Crippen LogP contribution in [0.25, 0.3) is 0 Å². The number of nitrogen functional groups attached to an aromatic ring is 1.